The maximum absolute atomic E-state index is 11.2. The molecule has 0 radical (unpaired) electrons. The Hall–Kier alpha value is -0.0200. The van der Waals surface area contributed by atoms with E-state index in [1.165, 1.54) is 13.1 Å². The fourth-order valence-electron chi connectivity index (χ4n) is 2.81. The van der Waals surface area contributed by atoms with Crippen molar-refractivity contribution in [3.05, 3.63) is 0 Å². The first-order chi connectivity index (χ1) is 7.15. The SMILES string of the molecule is CC1CN(C2CCC(=O)CC2)CC(C)S1. The molecular weight excluding hydrogens is 206 g/mol. The lowest BCUT2D eigenvalue weighted by Crippen LogP contribution is -2.47. The molecule has 0 N–H and O–H groups in total. The number of nitrogens with zero attached hydrogens (tertiary/aromatic N) is 1. The Morgan fingerprint density at radius 2 is 1.67 bits per heavy atom. The second-order valence-corrected chi connectivity index (χ2v) is 6.86. The number of carbonyl (C=O) groups is 1. The molecule has 1 saturated carbocycles. The maximum Gasteiger partial charge on any atom is 0.133 e. The zero-order valence-electron chi connectivity index (χ0n) is 9.74. The topological polar surface area (TPSA) is 20.3 Å². The molecule has 2 unspecified atom stereocenters. The van der Waals surface area contributed by atoms with Crippen molar-refractivity contribution in [2.45, 2.75) is 56.1 Å². The van der Waals surface area contributed by atoms with Gasteiger partial charge in [0.2, 0.25) is 0 Å². The first kappa shape index (κ1) is 11.5. The van der Waals surface area contributed by atoms with Crippen LogP contribution in [-0.2, 0) is 4.79 Å². The lowest BCUT2D eigenvalue weighted by molar-refractivity contribution is -0.121. The van der Waals surface area contributed by atoms with Gasteiger partial charge in [-0.05, 0) is 12.8 Å². The molecule has 0 aromatic carbocycles. The molecule has 3 heteroatoms. The van der Waals surface area contributed by atoms with E-state index in [0.717, 1.165) is 36.2 Å². The minimum Gasteiger partial charge on any atom is -0.300 e. The Bertz CT molecular complexity index is 224. The van der Waals surface area contributed by atoms with Crippen LogP contribution in [0.2, 0.25) is 0 Å². The van der Waals surface area contributed by atoms with Crippen molar-refractivity contribution >= 4 is 17.5 Å². The Kier molecular flexibility index (Phi) is 3.73. The van der Waals surface area contributed by atoms with Gasteiger partial charge in [-0.15, -0.1) is 0 Å². The van der Waals surface area contributed by atoms with Gasteiger partial charge < -0.3 is 0 Å². The summed E-state index contributed by atoms with van der Waals surface area (Å²) in [5.74, 6) is 0.471. The number of Topliss-reactive ketones (excluding diaryl/α,β-unsaturated/α-hetero) is 1. The first-order valence-electron chi connectivity index (χ1n) is 6.06. The van der Waals surface area contributed by atoms with Crippen LogP contribution in [0.4, 0.5) is 0 Å². The molecule has 1 heterocycles. The molecule has 0 amide bonds. The molecule has 86 valence electrons. The molecule has 1 aliphatic carbocycles. The van der Waals surface area contributed by atoms with Gasteiger partial charge in [0.15, 0.2) is 0 Å². The number of ketones is 1. The van der Waals surface area contributed by atoms with Gasteiger partial charge in [-0.2, -0.15) is 11.8 Å². The molecule has 0 aromatic heterocycles. The minimum absolute atomic E-state index is 0.471. The van der Waals surface area contributed by atoms with Crippen LogP contribution in [0.5, 0.6) is 0 Å². The number of hydrogen-bond acceptors (Lipinski definition) is 3. The van der Waals surface area contributed by atoms with Gasteiger partial charge in [0.05, 0.1) is 0 Å². The van der Waals surface area contributed by atoms with Crippen molar-refractivity contribution in [2.24, 2.45) is 0 Å². The molecule has 15 heavy (non-hydrogen) atoms. The normalized spacial score (nSPS) is 35.7. The predicted molar refractivity (Wildman–Crippen MR) is 65.4 cm³/mol. The smallest absolute Gasteiger partial charge is 0.133 e. The third kappa shape index (κ3) is 2.97. The Labute approximate surface area is 96.8 Å². The summed E-state index contributed by atoms with van der Waals surface area (Å²) in [5, 5.41) is 1.51. The van der Waals surface area contributed by atoms with Crippen molar-refractivity contribution in [1.82, 2.24) is 4.90 Å². The molecule has 2 fully saturated rings. The highest BCUT2D eigenvalue weighted by Crippen LogP contribution is 2.29. The van der Waals surface area contributed by atoms with E-state index in [-0.39, 0.29) is 0 Å². The van der Waals surface area contributed by atoms with Gasteiger partial charge in [-0.25, -0.2) is 0 Å². The highest BCUT2D eigenvalue weighted by Gasteiger charge is 2.30. The molecular formula is C12H21NOS. The zero-order valence-corrected chi connectivity index (χ0v) is 10.6. The van der Waals surface area contributed by atoms with Gasteiger partial charge in [0.1, 0.15) is 5.78 Å². The van der Waals surface area contributed by atoms with Crippen molar-refractivity contribution in [2.75, 3.05) is 13.1 Å². The molecule has 2 nitrogen and oxygen atoms in total. The summed E-state index contributed by atoms with van der Waals surface area (Å²) in [6, 6.07) is 0.688. The number of thioether (sulfide) groups is 1. The van der Waals surface area contributed by atoms with E-state index in [0.29, 0.717) is 11.8 Å². The monoisotopic (exact) mass is 227 g/mol. The van der Waals surface area contributed by atoms with Crippen molar-refractivity contribution in [1.29, 1.82) is 0 Å². The quantitative estimate of drug-likeness (QED) is 0.686. The highest BCUT2D eigenvalue weighted by molar-refractivity contribution is 8.00. The average molecular weight is 227 g/mol. The fraction of sp³-hybridized carbons (Fsp3) is 0.917. The first-order valence-corrected chi connectivity index (χ1v) is 7.00. The molecule has 2 rings (SSSR count). The minimum atomic E-state index is 0.471. The molecule has 2 atom stereocenters. The predicted octanol–water partition coefficient (Wildman–Crippen LogP) is 2.32. The summed E-state index contributed by atoms with van der Waals surface area (Å²) < 4.78 is 0. The standard InChI is InChI=1S/C12H21NOS/c1-9-7-13(8-10(2)15-9)11-3-5-12(14)6-4-11/h9-11H,3-8H2,1-2H3. The molecule has 2 aliphatic rings. The van der Waals surface area contributed by atoms with Gasteiger partial charge in [-0.1, -0.05) is 13.8 Å². The summed E-state index contributed by atoms with van der Waals surface area (Å²) in [6.07, 6.45) is 3.83. The Morgan fingerprint density at radius 1 is 1.13 bits per heavy atom. The van der Waals surface area contributed by atoms with Gasteiger partial charge in [0.25, 0.3) is 0 Å². The van der Waals surface area contributed by atoms with Crippen LogP contribution in [-0.4, -0.2) is 40.3 Å². The van der Waals surface area contributed by atoms with E-state index in [1.54, 1.807) is 0 Å². The summed E-state index contributed by atoms with van der Waals surface area (Å²) in [6.45, 7) is 7.07. The Balaban J connectivity index is 1.89. The second-order valence-electron chi connectivity index (χ2n) is 4.98. The molecule has 1 aliphatic heterocycles. The Morgan fingerprint density at radius 3 is 2.20 bits per heavy atom. The van der Waals surface area contributed by atoms with E-state index in [2.05, 4.69) is 30.5 Å². The third-order valence-electron chi connectivity index (χ3n) is 3.48. The van der Waals surface area contributed by atoms with Crippen molar-refractivity contribution in [3.63, 3.8) is 0 Å². The summed E-state index contributed by atoms with van der Waals surface area (Å²) in [7, 11) is 0. The maximum atomic E-state index is 11.2. The summed E-state index contributed by atoms with van der Waals surface area (Å²) in [5.41, 5.74) is 0. The van der Waals surface area contributed by atoms with Crippen molar-refractivity contribution < 1.29 is 4.79 Å². The molecule has 0 bridgehead atoms. The number of carbonyl (C=O) groups excluding carboxylic acids is 1. The lowest BCUT2D eigenvalue weighted by Gasteiger charge is -2.41. The molecule has 1 saturated heterocycles. The van der Waals surface area contributed by atoms with Crippen LogP contribution in [0.15, 0.2) is 0 Å². The zero-order chi connectivity index (χ0) is 10.8. The average Bonchev–Trinajstić information content (AvgIpc) is 2.17. The fourth-order valence-corrected chi connectivity index (χ4v) is 4.15. The highest BCUT2D eigenvalue weighted by atomic mass is 32.2. The summed E-state index contributed by atoms with van der Waals surface area (Å²) >= 11 is 2.10. The van der Waals surface area contributed by atoms with Crippen LogP contribution in [0, 0.1) is 0 Å². The van der Waals surface area contributed by atoms with Gasteiger partial charge >= 0.3 is 0 Å². The van der Waals surface area contributed by atoms with E-state index in [9.17, 15) is 4.79 Å². The second kappa shape index (κ2) is 4.88. The summed E-state index contributed by atoms with van der Waals surface area (Å²) in [4.78, 5) is 13.8. The van der Waals surface area contributed by atoms with Crippen LogP contribution in [0.1, 0.15) is 39.5 Å². The van der Waals surface area contributed by atoms with E-state index < -0.39 is 0 Å². The molecule has 0 spiro atoms. The van der Waals surface area contributed by atoms with E-state index in [1.807, 2.05) is 0 Å². The van der Waals surface area contributed by atoms with Gasteiger partial charge in [-0.3, -0.25) is 9.69 Å². The van der Waals surface area contributed by atoms with Gasteiger partial charge in [0, 0.05) is 42.5 Å². The number of hydrogen-bond donors (Lipinski definition) is 0. The number of rotatable bonds is 1. The third-order valence-corrected chi connectivity index (χ3v) is 4.70. The van der Waals surface area contributed by atoms with Crippen molar-refractivity contribution in [3.8, 4) is 0 Å². The lowest BCUT2D eigenvalue weighted by atomic mass is 9.93. The van der Waals surface area contributed by atoms with E-state index >= 15 is 0 Å². The molecule has 0 aromatic rings. The van der Waals surface area contributed by atoms with Crippen LogP contribution in [0.25, 0.3) is 0 Å². The van der Waals surface area contributed by atoms with Crippen LogP contribution in [0.3, 0.4) is 0 Å². The van der Waals surface area contributed by atoms with Crippen LogP contribution < -0.4 is 0 Å². The van der Waals surface area contributed by atoms with E-state index in [4.69, 9.17) is 0 Å². The largest absolute Gasteiger partial charge is 0.300 e. The van der Waals surface area contributed by atoms with Crippen LogP contribution >= 0.6 is 11.8 Å².